The van der Waals surface area contributed by atoms with Gasteiger partial charge >= 0.3 is 0 Å². The third-order valence-electron chi connectivity index (χ3n) is 5.01. The fraction of sp³-hybridized carbons (Fsp3) is 0.500. The van der Waals surface area contributed by atoms with E-state index in [4.69, 9.17) is 4.74 Å². The Morgan fingerprint density at radius 2 is 2.00 bits per heavy atom. The van der Waals surface area contributed by atoms with Crippen molar-refractivity contribution in [1.29, 1.82) is 0 Å². The molecule has 0 N–H and O–H groups in total. The second-order valence-corrected chi connectivity index (χ2v) is 6.60. The van der Waals surface area contributed by atoms with Gasteiger partial charge in [-0.05, 0) is 37.1 Å². The highest BCUT2D eigenvalue weighted by Gasteiger charge is 2.31. The second-order valence-electron chi connectivity index (χ2n) is 6.60. The number of hydrogen-bond acceptors (Lipinski definition) is 5. The van der Waals surface area contributed by atoms with E-state index in [2.05, 4.69) is 15.1 Å². The van der Waals surface area contributed by atoms with Crippen molar-refractivity contribution in [1.82, 2.24) is 19.7 Å². The number of nitrogens with zero attached hydrogens (tertiary/aromatic N) is 5. The zero-order valence-corrected chi connectivity index (χ0v) is 14.5. The fourth-order valence-corrected chi connectivity index (χ4v) is 3.61. The van der Waals surface area contributed by atoms with E-state index in [1.807, 2.05) is 40.9 Å². The maximum Gasteiger partial charge on any atom is 0.275 e. The number of ether oxygens (including phenoxy) is 1. The van der Waals surface area contributed by atoms with Crippen molar-refractivity contribution in [3.63, 3.8) is 0 Å². The Morgan fingerprint density at radius 3 is 2.68 bits per heavy atom. The SMILES string of the molecule is Cn1cccc1[C@H]1COCCN1C(=O)c1ccc(N2CCCC2)nn1. The summed E-state index contributed by atoms with van der Waals surface area (Å²) in [6.07, 6.45) is 4.36. The molecule has 0 spiro atoms. The summed E-state index contributed by atoms with van der Waals surface area (Å²) in [5, 5.41) is 8.48. The van der Waals surface area contributed by atoms with Crippen LogP contribution in [0.4, 0.5) is 5.82 Å². The van der Waals surface area contributed by atoms with E-state index in [0.717, 1.165) is 24.6 Å². The first-order valence-electron chi connectivity index (χ1n) is 8.82. The highest BCUT2D eigenvalue weighted by Crippen LogP contribution is 2.26. The van der Waals surface area contributed by atoms with Gasteiger partial charge in [0.15, 0.2) is 11.5 Å². The fourth-order valence-electron chi connectivity index (χ4n) is 3.61. The summed E-state index contributed by atoms with van der Waals surface area (Å²) in [6.45, 7) is 3.64. The lowest BCUT2D eigenvalue weighted by Crippen LogP contribution is -2.44. The van der Waals surface area contributed by atoms with Crippen molar-refractivity contribution in [2.75, 3.05) is 37.7 Å². The van der Waals surface area contributed by atoms with Crippen LogP contribution in [-0.2, 0) is 11.8 Å². The number of rotatable bonds is 3. The molecule has 0 radical (unpaired) electrons. The zero-order valence-electron chi connectivity index (χ0n) is 14.5. The van der Waals surface area contributed by atoms with Crippen molar-refractivity contribution < 1.29 is 9.53 Å². The van der Waals surface area contributed by atoms with Crippen LogP contribution in [-0.4, -0.2) is 58.4 Å². The molecular weight excluding hydrogens is 318 g/mol. The van der Waals surface area contributed by atoms with Gasteiger partial charge in [0.1, 0.15) is 0 Å². The summed E-state index contributed by atoms with van der Waals surface area (Å²) < 4.78 is 7.64. The molecule has 2 fully saturated rings. The van der Waals surface area contributed by atoms with E-state index in [1.165, 1.54) is 12.8 Å². The summed E-state index contributed by atoms with van der Waals surface area (Å²) in [5.41, 5.74) is 1.46. The molecule has 2 aromatic heterocycles. The maximum absolute atomic E-state index is 13.0. The third kappa shape index (κ3) is 3.11. The van der Waals surface area contributed by atoms with Crippen LogP contribution in [0.2, 0.25) is 0 Å². The van der Waals surface area contributed by atoms with Gasteiger partial charge < -0.3 is 19.1 Å². The Bertz CT molecular complexity index is 736. The van der Waals surface area contributed by atoms with Crippen molar-refractivity contribution in [2.24, 2.45) is 7.05 Å². The summed E-state index contributed by atoms with van der Waals surface area (Å²) in [5.74, 6) is 0.769. The molecule has 7 nitrogen and oxygen atoms in total. The van der Waals surface area contributed by atoms with E-state index < -0.39 is 0 Å². The second kappa shape index (κ2) is 6.84. The molecule has 0 aromatic carbocycles. The molecule has 2 aliphatic rings. The third-order valence-corrected chi connectivity index (χ3v) is 5.01. The first kappa shape index (κ1) is 16.1. The van der Waals surface area contributed by atoms with Crippen molar-refractivity contribution in [3.05, 3.63) is 41.9 Å². The quantitative estimate of drug-likeness (QED) is 0.849. The van der Waals surface area contributed by atoms with Gasteiger partial charge in [0, 0.05) is 38.6 Å². The topological polar surface area (TPSA) is 63.5 Å². The zero-order chi connectivity index (χ0) is 17.2. The molecule has 2 saturated heterocycles. The number of morpholine rings is 1. The molecule has 4 rings (SSSR count). The largest absolute Gasteiger partial charge is 0.377 e. The van der Waals surface area contributed by atoms with E-state index in [1.54, 1.807) is 6.07 Å². The molecule has 1 atom stereocenters. The summed E-state index contributed by atoms with van der Waals surface area (Å²) in [6, 6.07) is 7.62. The van der Waals surface area contributed by atoms with Crippen LogP contribution < -0.4 is 4.90 Å². The molecule has 0 aliphatic carbocycles. The van der Waals surface area contributed by atoms with Crippen LogP contribution in [0.3, 0.4) is 0 Å². The minimum atomic E-state index is -0.0960. The Hall–Kier alpha value is -2.41. The highest BCUT2D eigenvalue weighted by molar-refractivity contribution is 5.92. The lowest BCUT2D eigenvalue weighted by molar-refractivity contribution is -0.00499. The van der Waals surface area contributed by atoms with Crippen molar-refractivity contribution >= 4 is 11.7 Å². The smallest absolute Gasteiger partial charge is 0.275 e. The molecular formula is C18H23N5O2. The molecule has 0 bridgehead atoms. The lowest BCUT2D eigenvalue weighted by atomic mass is 10.1. The Labute approximate surface area is 147 Å². The normalized spacial score (nSPS) is 20.9. The number of carbonyl (C=O) groups excluding carboxylic acids is 1. The summed E-state index contributed by atoms with van der Waals surface area (Å²) >= 11 is 0. The molecule has 2 aromatic rings. The van der Waals surface area contributed by atoms with E-state index in [9.17, 15) is 4.79 Å². The first-order chi connectivity index (χ1) is 12.2. The van der Waals surface area contributed by atoms with Crippen LogP contribution in [0.15, 0.2) is 30.5 Å². The summed E-state index contributed by atoms with van der Waals surface area (Å²) in [7, 11) is 1.98. The number of amides is 1. The van der Waals surface area contributed by atoms with Gasteiger partial charge in [0.25, 0.3) is 5.91 Å². The predicted molar refractivity (Wildman–Crippen MR) is 93.5 cm³/mol. The number of anilines is 1. The average Bonchev–Trinajstić information content (AvgIpc) is 3.33. The van der Waals surface area contributed by atoms with Crippen LogP contribution >= 0.6 is 0 Å². The van der Waals surface area contributed by atoms with Gasteiger partial charge in [0.2, 0.25) is 0 Å². The standard InChI is InChI=1S/C18H23N5O2/c1-21-8-4-5-15(21)16-13-25-12-11-23(16)18(24)14-6-7-17(20-19-14)22-9-2-3-10-22/h4-8,16H,2-3,9-13H2,1H3/t16-/m1/s1. The first-order valence-corrected chi connectivity index (χ1v) is 8.82. The number of carbonyl (C=O) groups is 1. The lowest BCUT2D eigenvalue weighted by Gasteiger charge is -2.35. The molecule has 132 valence electrons. The molecule has 1 amide bonds. The van der Waals surface area contributed by atoms with Crippen molar-refractivity contribution in [2.45, 2.75) is 18.9 Å². The molecule has 25 heavy (non-hydrogen) atoms. The van der Waals surface area contributed by atoms with Gasteiger partial charge in [0.05, 0.1) is 19.3 Å². The number of hydrogen-bond donors (Lipinski definition) is 0. The molecule has 2 aliphatic heterocycles. The monoisotopic (exact) mass is 341 g/mol. The Morgan fingerprint density at radius 1 is 1.16 bits per heavy atom. The van der Waals surface area contributed by atoms with Gasteiger partial charge in [-0.15, -0.1) is 10.2 Å². The van der Waals surface area contributed by atoms with Crippen molar-refractivity contribution in [3.8, 4) is 0 Å². The molecule has 0 saturated carbocycles. The minimum absolute atomic E-state index is 0.0880. The molecule has 7 heteroatoms. The van der Waals surface area contributed by atoms with Gasteiger partial charge in [-0.2, -0.15) is 0 Å². The predicted octanol–water partition coefficient (Wildman–Crippen LogP) is 1.63. The van der Waals surface area contributed by atoms with Crippen LogP contribution in [0.1, 0.15) is 35.1 Å². The van der Waals surface area contributed by atoms with Crippen LogP contribution in [0.5, 0.6) is 0 Å². The Kier molecular flexibility index (Phi) is 4.40. The van der Waals surface area contributed by atoms with E-state index >= 15 is 0 Å². The van der Waals surface area contributed by atoms with Gasteiger partial charge in [-0.1, -0.05) is 0 Å². The van der Waals surface area contributed by atoms with Crippen LogP contribution in [0, 0.1) is 0 Å². The van der Waals surface area contributed by atoms with E-state index in [0.29, 0.717) is 25.5 Å². The molecule has 0 unspecified atom stereocenters. The Balaban J connectivity index is 1.55. The number of aromatic nitrogens is 3. The summed E-state index contributed by atoms with van der Waals surface area (Å²) in [4.78, 5) is 17.1. The average molecular weight is 341 g/mol. The highest BCUT2D eigenvalue weighted by atomic mass is 16.5. The van der Waals surface area contributed by atoms with Crippen LogP contribution in [0.25, 0.3) is 0 Å². The molecule has 4 heterocycles. The van der Waals surface area contributed by atoms with Gasteiger partial charge in [-0.25, -0.2) is 0 Å². The maximum atomic E-state index is 13.0. The minimum Gasteiger partial charge on any atom is -0.377 e. The number of aryl methyl sites for hydroxylation is 1. The van der Waals surface area contributed by atoms with E-state index in [-0.39, 0.29) is 11.9 Å². The van der Waals surface area contributed by atoms with Gasteiger partial charge in [-0.3, -0.25) is 4.79 Å².